The van der Waals surface area contributed by atoms with Gasteiger partial charge in [0.05, 0.1) is 50.0 Å². The number of allylic oxidation sites excluding steroid dienone is 1. The summed E-state index contributed by atoms with van der Waals surface area (Å²) < 4.78 is 15.3. The average molecular weight is 476 g/mol. The first kappa shape index (κ1) is 24.9. The lowest BCUT2D eigenvalue weighted by molar-refractivity contribution is -0.139. The Morgan fingerprint density at radius 2 is 1.69 bits per heavy atom. The first-order valence-electron chi connectivity index (χ1n) is 10.4. The molecule has 0 fully saturated rings. The number of ether oxygens (including phenoxy) is 3. The van der Waals surface area contributed by atoms with E-state index < -0.39 is 23.8 Å². The quantitative estimate of drug-likeness (QED) is 0.598. The Morgan fingerprint density at radius 1 is 1.03 bits per heavy atom. The summed E-state index contributed by atoms with van der Waals surface area (Å²) >= 11 is 0. The Hall–Kier alpha value is -4.78. The third kappa shape index (κ3) is 4.39. The number of nitrogens with zero attached hydrogens (tertiary/aromatic N) is 2. The van der Waals surface area contributed by atoms with Crippen LogP contribution in [0.3, 0.4) is 0 Å². The second-order valence-corrected chi connectivity index (χ2v) is 7.30. The maximum atomic E-state index is 13.1. The van der Waals surface area contributed by atoms with Crippen LogP contribution in [-0.2, 0) is 19.1 Å². The Balaban J connectivity index is 2.41. The normalized spacial score (nSPS) is 15.3. The maximum Gasteiger partial charge on any atom is 0.355 e. The third-order valence-corrected chi connectivity index (χ3v) is 5.52. The third-order valence-electron chi connectivity index (χ3n) is 5.52. The molecule has 180 valence electrons. The van der Waals surface area contributed by atoms with Crippen molar-refractivity contribution in [1.29, 1.82) is 5.26 Å². The molecule has 1 amide bonds. The molecule has 2 aromatic rings. The standard InChI is InChI=1S/C25H24N4O6/c1-28-23(30)16-12-15(10-11-18(16)33-2)29-21(25(32)35-4)20(24(31)34-3)19(17(13-26)22(29)27)14-8-6-5-7-9-14/h5-12,19H,27H2,1-4H3,(H,28,30). The van der Waals surface area contributed by atoms with Gasteiger partial charge in [0.15, 0.2) is 0 Å². The van der Waals surface area contributed by atoms with E-state index in [0.717, 1.165) is 7.11 Å². The zero-order valence-electron chi connectivity index (χ0n) is 19.6. The molecule has 0 saturated heterocycles. The molecule has 10 nitrogen and oxygen atoms in total. The Morgan fingerprint density at radius 3 is 2.23 bits per heavy atom. The molecule has 2 aromatic carbocycles. The average Bonchev–Trinajstić information content (AvgIpc) is 2.90. The summed E-state index contributed by atoms with van der Waals surface area (Å²) in [5, 5.41) is 12.6. The summed E-state index contributed by atoms with van der Waals surface area (Å²) in [5.74, 6) is -3.01. The van der Waals surface area contributed by atoms with Crippen molar-refractivity contribution >= 4 is 23.5 Å². The Bertz CT molecular complexity index is 1280. The predicted molar refractivity (Wildman–Crippen MR) is 126 cm³/mol. The molecule has 0 saturated carbocycles. The van der Waals surface area contributed by atoms with Crippen molar-refractivity contribution in [2.45, 2.75) is 5.92 Å². The number of benzene rings is 2. The van der Waals surface area contributed by atoms with Gasteiger partial charge in [0.1, 0.15) is 17.3 Å². The van der Waals surface area contributed by atoms with Crippen molar-refractivity contribution in [3.63, 3.8) is 0 Å². The molecule has 1 aliphatic heterocycles. The smallest absolute Gasteiger partial charge is 0.355 e. The fourth-order valence-corrected chi connectivity index (χ4v) is 3.93. The first-order chi connectivity index (χ1) is 16.8. The molecule has 0 radical (unpaired) electrons. The minimum atomic E-state index is -0.990. The van der Waals surface area contributed by atoms with Crippen molar-refractivity contribution in [2.75, 3.05) is 33.3 Å². The minimum Gasteiger partial charge on any atom is -0.496 e. The lowest BCUT2D eigenvalue weighted by atomic mass is 9.81. The van der Waals surface area contributed by atoms with Gasteiger partial charge in [-0.25, -0.2) is 9.59 Å². The molecule has 0 aliphatic carbocycles. The van der Waals surface area contributed by atoms with E-state index in [9.17, 15) is 19.6 Å². The summed E-state index contributed by atoms with van der Waals surface area (Å²) in [4.78, 5) is 39.9. The molecular formula is C25H24N4O6. The van der Waals surface area contributed by atoms with Crippen LogP contribution in [0.2, 0.25) is 0 Å². The molecule has 3 rings (SSSR count). The minimum absolute atomic E-state index is 0.0153. The summed E-state index contributed by atoms with van der Waals surface area (Å²) in [6, 6.07) is 15.2. The Kier molecular flexibility index (Phi) is 7.41. The number of nitrogens with two attached hydrogens (primary N) is 1. The fourth-order valence-electron chi connectivity index (χ4n) is 3.93. The van der Waals surface area contributed by atoms with Gasteiger partial charge < -0.3 is 25.3 Å². The maximum absolute atomic E-state index is 13.1. The van der Waals surface area contributed by atoms with Crippen molar-refractivity contribution in [1.82, 2.24) is 5.32 Å². The number of nitrogens with one attached hydrogen (secondary N) is 1. The van der Waals surface area contributed by atoms with Crippen LogP contribution in [0.25, 0.3) is 0 Å². The zero-order chi connectivity index (χ0) is 25.7. The van der Waals surface area contributed by atoms with Crippen LogP contribution in [0.5, 0.6) is 5.75 Å². The number of hydrogen-bond donors (Lipinski definition) is 2. The van der Waals surface area contributed by atoms with Gasteiger partial charge in [-0.3, -0.25) is 9.69 Å². The van der Waals surface area contributed by atoms with E-state index in [4.69, 9.17) is 19.9 Å². The van der Waals surface area contributed by atoms with E-state index in [1.807, 2.05) is 0 Å². The van der Waals surface area contributed by atoms with Gasteiger partial charge in [-0.15, -0.1) is 0 Å². The monoisotopic (exact) mass is 476 g/mol. The highest BCUT2D eigenvalue weighted by molar-refractivity contribution is 6.07. The molecule has 1 atom stereocenters. The molecule has 35 heavy (non-hydrogen) atoms. The van der Waals surface area contributed by atoms with Crippen LogP contribution < -0.4 is 20.7 Å². The molecule has 1 aliphatic rings. The van der Waals surface area contributed by atoms with Crippen LogP contribution in [-0.4, -0.2) is 46.2 Å². The number of amides is 1. The van der Waals surface area contributed by atoms with Gasteiger partial charge in [0.25, 0.3) is 5.91 Å². The van der Waals surface area contributed by atoms with Crippen LogP contribution in [0.4, 0.5) is 5.69 Å². The molecule has 0 bridgehead atoms. The van der Waals surface area contributed by atoms with Crippen LogP contribution in [0, 0.1) is 11.3 Å². The SMILES string of the molecule is CNC(=O)c1cc(N2C(N)=C(C#N)C(c3ccccc3)C(C(=O)OC)=C2C(=O)OC)ccc1OC. The first-order valence-corrected chi connectivity index (χ1v) is 10.4. The van der Waals surface area contributed by atoms with Crippen molar-refractivity contribution in [3.05, 3.63) is 82.3 Å². The molecule has 0 aromatic heterocycles. The van der Waals surface area contributed by atoms with E-state index in [-0.39, 0.29) is 39.7 Å². The fraction of sp³-hybridized carbons (Fsp3) is 0.200. The predicted octanol–water partition coefficient (Wildman–Crippen LogP) is 1.95. The number of nitriles is 1. The second kappa shape index (κ2) is 10.4. The second-order valence-electron chi connectivity index (χ2n) is 7.30. The van der Waals surface area contributed by atoms with Gasteiger partial charge in [-0.1, -0.05) is 30.3 Å². The summed E-state index contributed by atoms with van der Waals surface area (Å²) in [7, 11) is 5.19. The van der Waals surface area contributed by atoms with Gasteiger partial charge >= 0.3 is 11.9 Å². The van der Waals surface area contributed by atoms with Crippen molar-refractivity contribution in [3.8, 4) is 11.8 Å². The summed E-state index contributed by atoms with van der Waals surface area (Å²) in [5.41, 5.74) is 7.03. The van der Waals surface area contributed by atoms with E-state index in [1.54, 1.807) is 30.3 Å². The number of rotatable bonds is 6. The van der Waals surface area contributed by atoms with E-state index in [1.165, 1.54) is 44.4 Å². The van der Waals surface area contributed by atoms with E-state index in [2.05, 4.69) is 11.4 Å². The van der Waals surface area contributed by atoms with Gasteiger partial charge in [0.2, 0.25) is 0 Å². The van der Waals surface area contributed by atoms with Crippen molar-refractivity contribution in [2.24, 2.45) is 5.73 Å². The number of hydrogen-bond acceptors (Lipinski definition) is 9. The Labute approximate surface area is 202 Å². The number of anilines is 1. The molecule has 1 unspecified atom stereocenters. The summed E-state index contributed by atoms with van der Waals surface area (Å²) in [6.45, 7) is 0. The molecular weight excluding hydrogens is 452 g/mol. The summed E-state index contributed by atoms with van der Waals surface area (Å²) in [6.07, 6.45) is 0. The van der Waals surface area contributed by atoms with Crippen LogP contribution in [0.15, 0.2) is 71.2 Å². The zero-order valence-corrected chi connectivity index (χ0v) is 19.6. The van der Waals surface area contributed by atoms with E-state index >= 15 is 0 Å². The molecule has 3 N–H and O–H groups in total. The van der Waals surface area contributed by atoms with Gasteiger partial charge in [-0.2, -0.15) is 5.26 Å². The highest BCUT2D eigenvalue weighted by atomic mass is 16.5. The van der Waals surface area contributed by atoms with Crippen LogP contribution in [0.1, 0.15) is 21.8 Å². The van der Waals surface area contributed by atoms with Gasteiger partial charge in [-0.05, 0) is 23.8 Å². The van der Waals surface area contributed by atoms with Gasteiger partial charge in [0, 0.05) is 12.7 Å². The highest BCUT2D eigenvalue weighted by Crippen LogP contribution is 2.43. The molecule has 0 spiro atoms. The topological polar surface area (TPSA) is 144 Å². The largest absolute Gasteiger partial charge is 0.496 e. The lowest BCUT2D eigenvalue weighted by Crippen LogP contribution is -2.40. The number of esters is 2. The number of methoxy groups -OCH3 is 3. The molecule has 1 heterocycles. The lowest BCUT2D eigenvalue weighted by Gasteiger charge is -2.36. The molecule has 10 heteroatoms. The highest BCUT2D eigenvalue weighted by Gasteiger charge is 2.43. The number of carbonyl (C=O) groups excluding carboxylic acids is 3. The van der Waals surface area contributed by atoms with Crippen molar-refractivity contribution < 1.29 is 28.6 Å². The van der Waals surface area contributed by atoms with E-state index in [0.29, 0.717) is 5.56 Å². The number of carbonyl (C=O) groups is 3. The van der Waals surface area contributed by atoms with Crippen LogP contribution >= 0.6 is 0 Å².